The maximum Gasteiger partial charge on any atom is 0.251 e. The van der Waals surface area contributed by atoms with E-state index < -0.39 is 0 Å². The molecule has 3 nitrogen and oxygen atoms in total. The first-order valence-corrected chi connectivity index (χ1v) is 8.10. The van der Waals surface area contributed by atoms with Gasteiger partial charge in [0.25, 0.3) is 5.91 Å². The van der Waals surface area contributed by atoms with E-state index in [-0.39, 0.29) is 18.1 Å². The zero-order chi connectivity index (χ0) is 13.4. The van der Waals surface area contributed by atoms with E-state index >= 15 is 0 Å². The summed E-state index contributed by atoms with van der Waals surface area (Å²) in [5, 5.41) is 3.12. The van der Waals surface area contributed by atoms with Crippen LogP contribution in [0.2, 0.25) is 0 Å². The van der Waals surface area contributed by atoms with Gasteiger partial charge < -0.3 is 10.1 Å². The highest BCUT2D eigenvalue weighted by atomic mass is 79.9. The van der Waals surface area contributed by atoms with Gasteiger partial charge in [-0.2, -0.15) is 0 Å². The molecule has 5 heteroatoms. The Balaban J connectivity index is 1.70. The average Bonchev–Trinajstić information content (AvgIpc) is 3.09. The summed E-state index contributed by atoms with van der Waals surface area (Å²) in [6.07, 6.45) is 3.61. The van der Waals surface area contributed by atoms with E-state index in [2.05, 4.69) is 37.2 Å². The summed E-state index contributed by atoms with van der Waals surface area (Å²) in [5.41, 5.74) is 0.669. The fourth-order valence-electron chi connectivity index (χ4n) is 2.59. The Kier molecular flexibility index (Phi) is 3.96. The van der Waals surface area contributed by atoms with Crippen LogP contribution in [0.3, 0.4) is 0 Å². The van der Waals surface area contributed by atoms with Crippen LogP contribution in [0.1, 0.15) is 29.6 Å². The lowest BCUT2D eigenvalue weighted by atomic mass is 10.1. The number of halogens is 2. The number of benzene rings is 1. The molecule has 1 aromatic carbocycles. The zero-order valence-corrected chi connectivity index (χ0v) is 13.5. The maximum atomic E-state index is 12.3. The Morgan fingerprint density at radius 2 is 1.84 bits per heavy atom. The summed E-state index contributed by atoms with van der Waals surface area (Å²) in [6, 6.07) is 5.75. The van der Waals surface area contributed by atoms with Crippen LogP contribution in [0.15, 0.2) is 27.1 Å². The third-order valence-corrected chi connectivity index (χ3v) is 4.58. The summed E-state index contributed by atoms with van der Waals surface area (Å²) < 4.78 is 7.53. The number of carbonyl (C=O) groups is 1. The average molecular weight is 389 g/mol. The minimum Gasteiger partial charge on any atom is -0.376 e. The highest BCUT2D eigenvalue weighted by Gasteiger charge is 2.41. The van der Waals surface area contributed by atoms with E-state index in [1.807, 2.05) is 18.2 Å². The molecule has 1 heterocycles. The summed E-state index contributed by atoms with van der Waals surface area (Å²) in [4.78, 5) is 12.3. The third-order valence-electron chi connectivity index (χ3n) is 3.66. The van der Waals surface area contributed by atoms with Gasteiger partial charge in [0.05, 0.1) is 12.1 Å². The van der Waals surface area contributed by atoms with Gasteiger partial charge in [0.2, 0.25) is 0 Å². The molecule has 1 saturated heterocycles. The van der Waals surface area contributed by atoms with Crippen LogP contribution < -0.4 is 5.32 Å². The van der Waals surface area contributed by atoms with Gasteiger partial charge in [-0.15, -0.1) is 0 Å². The molecular formula is C14H15Br2NO2. The van der Waals surface area contributed by atoms with Crippen LogP contribution in [-0.2, 0) is 4.74 Å². The van der Waals surface area contributed by atoms with Gasteiger partial charge in [-0.3, -0.25) is 4.79 Å². The Hall–Kier alpha value is -0.390. The second-order valence-corrected chi connectivity index (χ2v) is 7.03. The Morgan fingerprint density at radius 1 is 1.16 bits per heavy atom. The Morgan fingerprint density at radius 3 is 2.47 bits per heavy atom. The molecule has 2 aliphatic rings. The summed E-state index contributed by atoms with van der Waals surface area (Å²) in [6.45, 7) is 0.758. The second kappa shape index (κ2) is 5.54. The number of ether oxygens (including phenoxy) is 1. The quantitative estimate of drug-likeness (QED) is 0.860. The molecule has 2 atom stereocenters. The van der Waals surface area contributed by atoms with Crippen LogP contribution in [0.4, 0.5) is 0 Å². The van der Waals surface area contributed by atoms with E-state index in [0.29, 0.717) is 11.5 Å². The van der Waals surface area contributed by atoms with Crippen LogP contribution >= 0.6 is 31.9 Å². The third kappa shape index (κ3) is 3.20. The molecule has 1 aromatic rings. The van der Waals surface area contributed by atoms with Gasteiger partial charge in [0.1, 0.15) is 0 Å². The fourth-order valence-corrected chi connectivity index (χ4v) is 3.89. The molecule has 2 unspecified atom stereocenters. The Labute approximate surface area is 129 Å². The molecule has 19 heavy (non-hydrogen) atoms. The molecule has 2 fully saturated rings. The fraction of sp³-hybridized carbons (Fsp3) is 0.500. The number of rotatable bonds is 3. The van der Waals surface area contributed by atoms with Crippen molar-refractivity contribution in [1.29, 1.82) is 0 Å². The van der Waals surface area contributed by atoms with Crippen molar-refractivity contribution in [1.82, 2.24) is 5.32 Å². The van der Waals surface area contributed by atoms with E-state index in [4.69, 9.17) is 4.74 Å². The smallest absolute Gasteiger partial charge is 0.251 e. The van der Waals surface area contributed by atoms with E-state index in [0.717, 1.165) is 22.0 Å². The standard InChI is InChI=1S/C14H15Br2NO2/c15-10-5-9(6-11(16)7-10)14(18)17-12-3-4-19-13(12)8-1-2-8/h5-8,12-13H,1-4H2,(H,17,18). The molecule has 102 valence electrons. The highest BCUT2D eigenvalue weighted by molar-refractivity contribution is 9.11. The van der Waals surface area contributed by atoms with Crippen molar-refractivity contribution in [3.05, 3.63) is 32.7 Å². The molecule has 0 spiro atoms. The van der Waals surface area contributed by atoms with Crippen molar-refractivity contribution in [3.8, 4) is 0 Å². The molecule has 3 rings (SSSR count). The molecule has 1 saturated carbocycles. The van der Waals surface area contributed by atoms with Crippen molar-refractivity contribution in [2.45, 2.75) is 31.4 Å². The van der Waals surface area contributed by atoms with Crippen molar-refractivity contribution in [2.75, 3.05) is 6.61 Å². The molecule has 0 aromatic heterocycles. The first kappa shape index (κ1) is 13.6. The van der Waals surface area contributed by atoms with Gasteiger partial charge in [-0.1, -0.05) is 31.9 Å². The molecule has 1 aliphatic heterocycles. The minimum absolute atomic E-state index is 0.0249. The van der Waals surface area contributed by atoms with E-state index in [1.54, 1.807) is 0 Å². The number of hydrogen-bond acceptors (Lipinski definition) is 2. The number of nitrogens with one attached hydrogen (secondary N) is 1. The van der Waals surface area contributed by atoms with E-state index in [9.17, 15) is 4.79 Å². The van der Waals surface area contributed by atoms with Gasteiger partial charge >= 0.3 is 0 Å². The van der Waals surface area contributed by atoms with Gasteiger partial charge in [0.15, 0.2) is 0 Å². The van der Waals surface area contributed by atoms with Crippen LogP contribution in [0.5, 0.6) is 0 Å². The van der Waals surface area contributed by atoms with Crippen LogP contribution in [0.25, 0.3) is 0 Å². The molecule has 0 radical (unpaired) electrons. The van der Waals surface area contributed by atoms with Crippen molar-refractivity contribution >= 4 is 37.8 Å². The van der Waals surface area contributed by atoms with Crippen molar-refractivity contribution in [3.63, 3.8) is 0 Å². The minimum atomic E-state index is -0.0249. The van der Waals surface area contributed by atoms with E-state index in [1.165, 1.54) is 12.8 Å². The Bertz CT molecular complexity index is 482. The number of hydrogen-bond donors (Lipinski definition) is 1. The first-order valence-electron chi connectivity index (χ1n) is 6.52. The molecule has 1 aliphatic carbocycles. The predicted octanol–water partition coefficient (Wildman–Crippen LogP) is 3.51. The van der Waals surface area contributed by atoms with Crippen molar-refractivity contribution in [2.24, 2.45) is 5.92 Å². The van der Waals surface area contributed by atoms with Gasteiger partial charge in [-0.25, -0.2) is 0 Å². The van der Waals surface area contributed by atoms with Crippen LogP contribution in [0, 0.1) is 5.92 Å². The lowest BCUT2D eigenvalue weighted by Crippen LogP contribution is -2.41. The summed E-state index contributed by atoms with van der Waals surface area (Å²) in [7, 11) is 0. The monoisotopic (exact) mass is 387 g/mol. The molecule has 1 N–H and O–H groups in total. The molecule has 1 amide bonds. The zero-order valence-electron chi connectivity index (χ0n) is 10.4. The summed E-state index contributed by atoms with van der Waals surface area (Å²) in [5.74, 6) is 0.630. The maximum absolute atomic E-state index is 12.3. The summed E-state index contributed by atoms with van der Waals surface area (Å²) >= 11 is 6.81. The predicted molar refractivity (Wildman–Crippen MR) is 80.2 cm³/mol. The lowest BCUT2D eigenvalue weighted by Gasteiger charge is -2.19. The van der Waals surface area contributed by atoms with Gasteiger partial charge in [-0.05, 0) is 43.4 Å². The lowest BCUT2D eigenvalue weighted by molar-refractivity contribution is 0.0729. The first-order chi connectivity index (χ1) is 9.13. The van der Waals surface area contributed by atoms with Gasteiger partial charge in [0, 0.05) is 21.1 Å². The molecular weight excluding hydrogens is 374 g/mol. The SMILES string of the molecule is O=C(NC1CCOC1C1CC1)c1cc(Br)cc(Br)c1. The highest BCUT2D eigenvalue weighted by Crippen LogP contribution is 2.38. The topological polar surface area (TPSA) is 38.3 Å². The normalized spacial score (nSPS) is 26.4. The van der Waals surface area contributed by atoms with Crippen molar-refractivity contribution < 1.29 is 9.53 Å². The second-order valence-electron chi connectivity index (χ2n) is 5.20. The molecule has 0 bridgehead atoms. The number of amides is 1. The largest absolute Gasteiger partial charge is 0.376 e. The number of carbonyl (C=O) groups excluding carboxylic acids is 1. The van der Waals surface area contributed by atoms with Crippen LogP contribution in [-0.4, -0.2) is 24.7 Å².